The Hall–Kier alpha value is -1.68. The second kappa shape index (κ2) is 7.57. The quantitative estimate of drug-likeness (QED) is 0.548. The molecule has 0 saturated heterocycles. The zero-order chi connectivity index (χ0) is 12.5. The first kappa shape index (κ1) is 13.4. The molecule has 1 atom stereocenters. The lowest BCUT2D eigenvalue weighted by Gasteiger charge is -2.12. The summed E-state index contributed by atoms with van der Waals surface area (Å²) in [5, 5.41) is 2.69. The standard InChI is InChI=1S/C13H18N2O2/c14-9-5-4-8-12(10-16)15-13(17)11-6-2-1-3-7-11/h1-3,6-7,10,12H,4-5,8-9,14H2,(H,15,17)/t12-/m0/s1. The highest BCUT2D eigenvalue weighted by Crippen LogP contribution is 2.02. The van der Waals surface area contributed by atoms with Crippen LogP contribution in [0.5, 0.6) is 0 Å². The van der Waals surface area contributed by atoms with E-state index in [4.69, 9.17) is 5.73 Å². The minimum Gasteiger partial charge on any atom is -0.343 e. The summed E-state index contributed by atoms with van der Waals surface area (Å²) in [6.45, 7) is 0.609. The lowest BCUT2D eigenvalue weighted by molar-refractivity contribution is -0.109. The molecule has 0 aliphatic rings. The van der Waals surface area contributed by atoms with E-state index in [1.54, 1.807) is 24.3 Å². The van der Waals surface area contributed by atoms with Gasteiger partial charge < -0.3 is 15.8 Å². The second-order valence-corrected chi connectivity index (χ2v) is 3.87. The molecule has 1 aromatic carbocycles. The molecule has 1 rings (SSSR count). The predicted octanol–water partition coefficient (Wildman–Crippen LogP) is 1.11. The Labute approximate surface area is 101 Å². The van der Waals surface area contributed by atoms with Crippen molar-refractivity contribution in [3.63, 3.8) is 0 Å². The molecule has 0 aliphatic heterocycles. The molecule has 0 unspecified atom stereocenters. The van der Waals surface area contributed by atoms with Gasteiger partial charge in [0, 0.05) is 5.56 Å². The van der Waals surface area contributed by atoms with E-state index in [9.17, 15) is 9.59 Å². The molecule has 0 aromatic heterocycles. The van der Waals surface area contributed by atoms with E-state index in [1.165, 1.54) is 0 Å². The molecule has 1 aromatic rings. The van der Waals surface area contributed by atoms with Crippen LogP contribution in [-0.2, 0) is 4.79 Å². The third-order valence-electron chi connectivity index (χ3n) is 2.49. The lowest BCUT2D eigenvalue weighted by atomic mass is 10.1. The van der Waals surface area contributed by atoms with Crippen molar-refractivity contribution in [1.82, 2.24) is 5.32 Å². The average Bonchev–Trinajstić information content (AvgIpc) is 2.38. The summed E-state index contributed by atoms with van der Waals surface area (Å²) in [5.41, 5.74) is 5.94. The Kier molecular flexibility index (Phi) is 5.96. The Morgan fingerprint density at radius 3 is 2.59 bits per heavy atom. The van der Waals surface area contributed by atoms with Crippen LogP contribution in [0.4, 0.5) is 0 Å². The van der Waals surface area contributed by atoms with E-state index in [0.29, 0.717) is 18.5 Å². The monoisotopic (exact) mass is 234 g/mol. The second-order valence-electron chi connectivity index (χ2n) is 3.87. The van der Waals surface area contributed by atoms with Crippen LogP contribution in [-0.4, -0.2) is 24.8 Å². The molecule has 92 valence electrons. The van der Waals surface area contributed by atoms with Crippen molar-refractivity contribution in [3.05, 3.63) is 35.9 Å². The number of carbonyl (C=O) groups excluding carboxylic acids is 2. The smallest absolute Gasteiger partial charge is 0.251 e. The summed E-state index contributed by atoms with van der Waals surface area (Å²) in [7, 11) is 0. The molecule has 0 bridgehead atoms. The van der Waals surface area contributed by atoms with Gasteiger partial charge in [-0.1, -0.05) is 18.2 Å². The van der Waals surface area contributed by atoms with Crippen molar-refractivity contribution in [1.29, 1.82) is 0 Å². The van der Waals surface area contributed by atoms with Crippen LogP contribution in [0.15, 0.2) is 30.3 Å². The minimum absolute atomic E-state index is 0.213. The molecule has 4 nitrogen and oxygen atoms in total. The molecule has 1 amide bonds. The van der Waals surface area contributed by atoms with Crippen LogP contribution >= 0.6 is 0 Å². The molecule has 0 aliphatic carbocycles. The fourth-order valence-corrected chi connectivity index (χ4v) is 1.52. The number of hydrogen-bond acceptors (Lipinski definition) is 3. The van der Waals surface area contributed by atoms with Crippen molar-refractivity contribution < 1.29 is 9.59 Å². The summed E-state index contributed by atoms with van der Waals surface area (Å²) in [6, 6.07) is 8.44. The van der Waals surface area contributed by atoms with Crippen LogP contribution in [0.2, 0.25) is 0 Å². The topological polar surface area (TPSA) is 72.2 Å². The van der Waals surface area contributed by atoms with Gasteiger partial charge in [-0.3, -0.25) is 4.79 Å². The molecule has 3 N–H and O–H groups in total. The molecule has 4 heteroatoms. The number of nitrogens with two attached hydrogens (primary N) is 1. The molecule has 0 saturated carbocycles. The highest BCUT2D eigenvalue weighted by Gasteiger charge is 2.11. The van der Waals surface area contributed by atoms with Gasteiger partial charge in [0.1, 0.15) is 6.29 Å². The van der Waals surface area contributed by atoms with E-state index in [-0.39, 0.29) is 5.91 Å². The van der Waals surface area contributed by atoms with Crippen molar-refractivity contribution in [2.24, 2.45) is 5.73 Å². The minimum atomic E-state index is -0.422. The molecule has 17 heavy (non-hydrogen) atoms. The molecule has 0 spiro atoms. The van der Waals surface area contributed by atoms with Crippen LogP contribution in [0, 0.1) is 0 Å². The lowest BCUT2D eigenvalue weighted by Crippen LogP contribution is -2.36. The van der Waals surface area contributed by atoms with Gasteiger partial charge in [-0.25, -0.2) is 0 Å². The van der Waals surface area contributed by atoms with Gasteiger partial charge in [-0.15, -0.1) is 0 Å². The third kappa shape index (κ3) is 4.78. The summed E-state index contributed by atoms with van der Waals surface area (Å²) in [4.78, 5) is 22.6. The number of hydrogen-bond donors (Lipinski definition) is 2. The SMILES string of the molecule is NCCCC[C@@H](C=O)NC(=O)c1ccccc1. The van der Waals surface area contributed by atoms with E-state index < -0.39 is 6.04 Å². The number of aldehydes is 1. The highest BCUT2D eigenvalue weighted by molar-refractivity contribution is 5.95. The van der Waals surface area contributed by atoms with Crippen LogP contribution in [0.25, 0.3) is 0 Å². The van der Waals surface area contributed by atoms with Gasteiger partial charge in [0.2, 0.25) is 0 Å². The third-order valence-corrected chi connectivity index (χ3v) is 2.49. The zero-order valence-corrected chi connectivity index (χ0v) is 9.76. The number of nitrogens with one attached hydrogen (secondary N) is 1. The van der Waals surface area contributed by atoms with Crippen LogP contribution in [0.1, 0.15) is 29.6 Å². The number of unbranched alkanes of at least 4 members (excludes halogenated alkanes) is 1. The number of carbonyl (C=O) groups is 2. The molecular formula is C13H18N2O2. The van der Waals surface area contributed by atoms with E-state index in [1.807, 2.05) is 6.07 Å². The highest BCUT2D eigenvalue weighted by atomic mass is 16.2. The van der Waals surface area contributed by atoms with Crippen LogP contribution < -0.4 is 11.1 Å². The van der Waals surface area contributed by atoms with Crippen LogP contribution in [0.3, 0.4) is 0 Å². The summed E-state index contributed by atoms with van der Waals surface area (Å²) < 4.78 is 0. The van der Waals surface area contributed by atoms with Gasteiger partial charge in [0.15, 0.2) is 0 Å². The van der Waals surface area contributed by atoms with E-state index in [2.05, 4.69) is 5.32 Å². The van der Waals surface area contributed by atoms with E-state index >= 15 is 0 Å². The predicted molar refractivity (Wildman–Crippen MR) is 66.7 cm³/mol. The maximum absolute atomic E-state index is 11.8. The zero-order valence-electron chi connectivity index (χ0n) is 9.76. The van der Waals surface area contributed by atoms with Crippen molar-refractivity contribution in [2.75, 3.05) is 6.54 Å². The summed E-state index contributed by atoms with van der Waals surface area (Å²) in [6.07, 6.45) is 3.12. The van der Waals surface area contributed by atoms with Gasteiger partial charge in [0.05, 0.1) is 6.04 Å². The normalized spacial score (nSPS) is 11.8. The fraction of sp³-hybridized carbons (Fsp3) is 0.385. The fourth-order valence-electron chi connectivity index (χ4n) is 1.52. The Balaban J connectivity index is 2.45. The number of benzene rings is 1. The van der Waals surface area contributed by atoms with Gasteiger partial charge in [0.25, 0.3) is 5.91 Å². The van der Waals surface area contributed by atoms with E-state index in [0.717, 1.165) is 19.1 Å². The maximum atomic E-state index is 11.8. The molecular weight excluding hydrogens is 216 g/mol. The van der Waals surface area contributed by atoms with Gasteiger partial charge in [-0.2, -0.15) is 0 Å². The maximum Gasteiger partial charge on any atom is 0.251 e. The first-order valence-electron chi connectivity index (χ1n) is 5.79. The van der Waals surface area contributed by atoms with Crippen molar-refractivity contribution in [2.45, 2.75) is 25.3 Å². The largest absolute Gasteiger partial charge is 0.343 e. The van der Waals surface area contributed by atoms with Gasteiger partial charge in [-0.05, 0) is 37.9 Å². The van der Waals surface area contributed by atoms with Crippen molar-refractivity contribution in [3.8, 4) is 0 Å². The Morgan fingerprint density at radius 1 is 1.29 bits per heavy atom. The molecule has 0 radical (unpaired) electrons. The molecule has 0 fully saturated rings. The number of rotatable bonds is 7. The first-order valence-corrected chi connectivity index (χ1v) is 5.79. The van der Waals surface area contributed by atoms with Crippen molar-refractivity contribution >= 4 is 12.2 Å². The first-order chi connectivity index (χ1) is 8.27. The Bertz CT molecular complexity index is 352. The Morgan fingerprint density at radius 2 is 2.00 bits per heavy atom. The average molecular weight is 234 g/mol. The van der Waals surface area contributed by atoms with Gasteiger partial charge >= 0.3 is 0 Å². The molecule has 0 heterocycles. The number of amides is 1. The summed E-state index contributed by atoms with van der Waals surface area (Å²) >= 11 is 0. The summed E-state index contributed by atoms with van der Waals surface area (Å²) in [5.74, 6) is -0.213.